The van der Waals surface area contributed by atoms with E-state index in [1.807, 2.05) is 6.92 Å². The monoisotopic (exact) mass is 250 g/mol. The van der Waals surface area contributed by atoms with Gasteiger partial charge in [0.25, 0.3) is 0 Å². The number of aromatic nitrogens is 2. The Hall–Kier alpha value is -1.36. The van der Waals surface area contributed by atoms with Crippen LogP contribution < -0.4 is 11.1 Å². The van der Waals surface area contributed by atoms with Crippen LogP contribution in [0.1, 0.15) is 57.3 Å². The first kappa shape index (κ1) is 13.1. The molecule has 5 nitrogen and oxygen atoms in total. The maximum absolute atomic E-state index is 12.3. The largest absolute Gasteiger partial charge is 0.347 e. The first-order valence-electron chi connectivity index (χ1n) is 6.75. The highest BCUT2D eigenvalue weighted by Crippen LogP contribution is 2.27. The van der Waals surface area contributed by atoms with Gasteiger partial charge in [-0.15, -0.1) is 0 Å². The van der Waals surface area contributed by atoms with Crippen LogP contribution in [0.4, 0.5) is 0 Å². The lowest BCUT2D eigenvalue weighted by Gasteiger charge is -2.33. The second kappa shape index (κ2) is 5.52. The standard InChI is InChI=1S/C13H22N4O/c1-2-10(11-15-8-9-16-11)17-12(18)13(14)6-4-3-5-7-13/h8-10H,2-7,14H2,1H3,(H,15,16)(H,17,18). The minimum atomic E-state index is -0.682. The van der Waals surface area contributed by atoms with E-state index in [1.54, 1.807) is 12.4 Å². The number of carbonyl (C=O) groups is 1. The number of H-pyrrole nitrogens is 1. The van der Waals surface area contributed by atoms with Gasteiger partial charge in [0.1, 0.15) is 5.82 Å². The van der Waals surface area contributed by atoms with Crippen LogP contribution in [0.5, 0.6) is 0 Å². The zero-order valence-electron chi connectivity index (χ0n) is 10.9. The van der Waals surface area contributed by atoms with Gasteiger partial charge in [-0.1, -0.05) is 26.2 Å². The second-order valence-corrected chi connectivity index (χ2v) is 5.13. The Morgan fingerprint density at radius 1 is 1.56 bits per heavy atom. The molecule has 18 heavy (non-hydrogen) atoms. The fourth-order valence-electron chi connectivity index (χ4n) is 2.54. The maximum Gasteiger partial charge on any atom is 0.240 e. The van der Waals surface area contributed by atoms with Crippen LogP contribution in [0.2, 0.25) is 0 Å². The topological polar surface area (TPSA) is 83.8 Å². The molecular formula is C13H22N4O. The SMILES string of the molecule is CCC(NC(=O)C1(N)CCCCC1)c1ncc[nH]1. The Morgan fingerprint density at radius 2 is 2.28 bits per heavy atom. The molecule has 1 saturated carbocycles. The molecule has 1 aromatic rings. The van der Waals surface area contributed by atoms with Crippen LogP contribution in [0.15, 0.2) is 12.4 Å². The molecule has 0 spiro atoms. The number of amides is 1. The van der Waals surface area contributed by atoms with E-state index in [-0.39, 0.29) is 11.9 Å². The smallest absolute Gasteiger partial charge is 0.240 e. The van der Waals surface area contributed by atoms with E-state index in [2.05, 4.69) is 15.3 Å². The van der Waals surface area contributed by atoms with Crippen molar-refractivity contribution in [2.45, 2.75) is 57.0 Å². The van der Waals surface area contributed by atoms with Crippen LogP contribution in [0.3, 0.4) is 0 Å². The predicted molar refractivity (Wildman–Crippen MR) is 69.8 cm³/mol. The fraction of sp³-hybridized carbons (Fsp3) is 0.692. The highest BCUT2D eigenvalue weighted by Gasteiger charge is 2.36. The molecule has 2 rings (SSSR count). The molecule has 0 radical (unpaired) electrons. The van der Waals surface area contributed by atoms with Gasteiger partial charge in [0, 0.05) is 12.4 Å². The lowest BCUT2D eigenvalue weighted by Crippen LogP contribution is -2.55. The molecule has 1 unspecified atom stereocenters. The summed E-state index contributed by atoms with van der Waals surface area (Å²) in [5, 5.41) is 3.02. The van der Waals surface area contributed by atoms with Crippen molar-refractivity contribution >= 4 is 5.91 Å². The summed E-state index contributed by atoms with van der Waals surface area (Å²) < 4.78 is 0. The highest BCUT2D eigenvalue weighted by molar-refractivity contribution is 5.86. The van der Waals surface area contributed by atoms with Gasteiger partial charge in [0.2, 0.25) is 5.91 Å². The molecular weight excluding hydrogens is 228 g/mol. The minimum Gasteiger partial charge on any atom is -0.347 e. The van der Waals surface area contributed by atoms with Gasteiger partial charge in [-0.25, -0.2) is 4.98 Å². The van der Waals surface area contributed by atoms with Crippen LogP contribution in [-0.4, -0.2) is 21.4 Å². The van der Waals surface area contributed by atoms with E-state index in [4.69, 9.17) is 5.73 Å². The van der Waals surface area contributed by atoms with Gasteiger partial charge >= 0.3 is 0 Å². The third kappa shape index (κ3) is 2.72. The van der Waals surface area contributed by atoms with Crippen LogP contribution in [0, 0.1) is 0 Å². The van der Waals surface area contributed by atoms with E-state index >= 15 is 0 Å². The molecule has 1 fully saturated rings. The molecule has 1 aliphatic rings. The quantitative estimate of drug-likeness (QED) is 0.759. The molecule has 0 aromatic carbocycles. The van der Waals surface area contributed by atoms with Crippen LogP contribution in [-0.2, 0) is 4.79 Å². The van der Waals surface area contributed by atoms with E-state index in [0.717, 1.165) is 37.9 Å². The van der Waals surface area contributed by atoms with Crippen LogP contribution in [0.25, 0.3) is 0 Å². The minimum absolute atomic E-state index is 0.0366. The summed E-state index contributed by atoms with van der Waals surface area (Å²) in [5.74, 6) is 0.760. The molecule has 4 N–H and O–H groups in total. The summed E-state index contributed by atoms with van der Waals surface area (Å²) in [6.45, 7) is 2.03. The number of imidazole rings is 1. The lowest BCUT2D eigenvalue weighted by molar-refractivity contribution is -0.128. The predicted octanol–water partition coefficient (Wildman–Crippen LogP) is 1.64. The zero-order valence-corrected chi connectivity index (χ0v) is 10.9. The molecule has 100 valence electrons. The number of rotatable bonds is 4. The van der Waals surface area contributed by atoms with Crippen molar-refractivity contribution in [2.24, 2.45) is 5.73 Å². The Labute approximate surface area is 108 Å². The van der Waals surface area contributed by atoms with Gasteiger partial charge in [-0.2, -0.15) is 0 Å². The first-order chi connectivity index (χ1) is 8.65. The highest BCUT2D eigenvalue weighted by atomic mass is 16.2. The molecule has 1 atom stereocenters. The van der Waals surface area contributed by atoms with E-state index < -0.39 is 5.54 Å². The van der Waals surface area contributed by atoms with Crippen molar-refractivity contribution in [3.63, 3.8) is 0 Å². The summed E-state index contributed by atoms with van der Waals surface area (Å²) in [5.41, 5.74) is 5.53. The molecule has 0 saturated heterocycles. The van der Waals surface area contributed by atoms with Crippen LogP contribution >= 0.6 is 0 Å². The van der Waals surface area contributed by atoms with Gasteiger partial charge < -0.3 is 16.0 Å². The number of hydrogen-bond acceptors (Lipinski definition) is 3. The summed E-state index contributed by atoms with van der Waals surface area (Å²) in [6, 6.07) is -0.0742. The Morgan fingerprint density at radius 3 is 2.83 bits per heavy atom. The molecule has 1 amide bonds. The summed E-state index contributed by atoms with van der Waals surface area (Å²) in [4.78, 5) is 19.5. The van der Waals surface area contributed by atoms with Gasteiger partial charge in [-0.05, 0) is 19.3 Å². The van der Waals surface area contributed by atoms with E-state index in [1.165, 1.54) is 6.42 Å². The lowest BCUT2D eigenvalue weighted by atomic mass is 9.81. The number of nitrogens with one attached hydrogen (secondary N) is 2. The third-order valence-electron chi connectivity index (χ3n) is 3.76. The zero-order chi connectivity index (χ0) is 13.0. The number of hydrogen-bond donors (Lipinski definition) is 3. The van der Waals surface area contributed by atoms with Gasteiger partial charge in [0.05, 0.1) is 11.6 Å². The number of nitrogens with zero attached hydrogens (tertiary/aromatic N) is 1. The van der Waals surface area contributed by atoms with Crippen molar-refractivity contribution < 1.29 is 4.79 Å². The van der Waals surface area contributed by atoms with Gasteiger partial charge in [-0.3, -0.25) is 4.79 Å². The molecule has 1 aromatic heterocycles. The molecule has 0 aliphatic heterocycles. The Balaban J connectivity index is 2.01. The summed E-state index contributed by atoms with van der Waals surface area (Å²) >= 11 is 0. The molecule has 0 bridgehead atoms. The number of nitrogens with two attached hydrogens (primary N) is 1. The Kier molecular flexibility index (Phi) is 4.01. The average molecular weight is 250 g/mol. The summed E-state index contributed by atoms with van der Waals surface area (Å²) in [6.07, 6.45) is 9.10. The van der Waals surface area contributed by atoms with Crippen molar-refractivity contribution in [3.8, 4) is 0 Å². The first-order valence-corrected chi connectivity index (χ1v) is 6.75. The normalized spacial score (nSPS) is 20.3. The Bertz CT molecular complexity index is 382. The second-order valence-electron chi connectivity index (χ2n) is 5.13. The number of carbonyl (C=O) groups excluding carboxylic acids is 1. The average Bonchev–Trinajstić information content (AvgIpc) is 2.90. The van der Waals surface area contributed by atoms with Crippen molar-refractivity contribution in [2.75, 3.05) is 0 Å². The molecule has 1 aliphatic carbocycles. The number of aromatic amines is 1. The molecule has 1 heterocycles. The van der Waals surface area contributed by atoms with E-state index in [9.17, 15) is 4.79 Å². The fourth-order valence-corrected chi connectivity index (χ4v) is 2.54. The molecule has 5 heteroatoms. The van der Waals surface area contributed by atoms with Crippen molar-refractivity contribution in [1.82, 2.24) is 15.3 Å². The van der Waals surface area contributed by atoms with Crippen molar-refractivity contribution in [1.29, 1.82) is 0 Å². The van der Waals surface area contributed by atoms with Crippen molar-refractivity contribution in [3.05, 3.63) is 18.2 Å². The van der Waals surface area contributed by atoms with E-state index in [0.29, 0.717) is 0 Å². The van der Waals surface area contributed by atoms with Gasteiger partial charge in [0.15, 0.2) is 0 Å². The summed E-state index contributed by atoms with van der Waals surface area (Å²) in [7, 11) is 0. The third-order valence-corrected chi connectivity index (χ3v) is 3.76. The maximum atomic E-state index is 12.3.